The minimum atomic E-state index is -0.707. The molecule has 1 unspecified atom stereocenters. The zero-order chi connectivity index (χ0) is 18.1. The summed E-state index contributed by atoms with van der Waals surface area (Å²) in [5, 5.41) is 2.77. The second-order valence-corrected chi connectivity index (χ2v) is 6.47. The van der Waals surface area contributed by atoms with Gasteiger partial charge in [0.25, 0.3) is 0 Å². The van der Waals surface area contributed by atoms with E-state index < -0.39 is 18.1 Å². The van der Waals surface area contributed by atoms with Gasteiger partial charge in [0.1, 0.15) is 0 Å². The Labute approximate surface area is 144 Å². The van der Waals surface area contributed by atoms with Gasteiger partial charge in [0, 0.05) is 0 Å². The molecule has 7 N–H and O–H groups in total. The van der Waals surface area contributed by atoms with E-state index in [1.165, 1.54) is 0 Å². The highest BCUT2D eigenvalue weighted by Crippen LogP contribution is 2.09. The maximum Gasteiger partial charge on any atom is 0.237 e. The van der Waals surface area contributed by atoms with Crippen molar-refractivity contribution in [1.82, 2.24) is 5.32 Å². The van der Waals surface area contributed by atoms with Gasteiger partial charge in [0.15, 0.2) is 5.78 Å². The van der Waals surface area contributed by atoms with Gasteiger partial charge in [-0.15, -0.1) is 0 Å². The molecule has 0 aliphatic rings. The summed E-state index contributed by atoms with van der Waals surface area (Å²) in [4.78, 5) is 24.8. The SMILES string of the molecule is CC(C)[C@H](NC(=O)[C@@H](N)Cc1ccccc1)C(=O)C(N)CCCN. The zero-order valence-electron chi connectivity index (χ0n) is 14.6. The summed E-state index contributed by atoms with van der Waals surface area (Å²) < 4.78 is 0. The fourth-order valence-electron chi connectivity index (χ4n) is 2.50. The molecule has 0 aliphatic carbocycles. The van der Waals surface area contributed by atoms with Gasteiger partial charge in [-0.1, -0.05) is 44.2 Å². The monoisotopic (exact) mass is 334 g/mol. The van der Waals surface area contributed by atoms with Crippen LogP contribution in [0.2, 0.25) is 0 Å². The molecule has 0 spiro atoms. The Morgan fingerprint density at radius 2 is 1.71 bits per heavy atom. The minimum Gasteiger partial charge on any atom is -0.345 e. The number of carbonyl (C=O) groups excluding carboxylic acids is 2. The van der Waals surface area contributed by atoms with Crippen molar-refractivity contribution in [2.24, 2.45) is 23.1 Å². The van der Waals surface area contributed by atoms with Gasteiger partial charge in [0.05, 0.1) is 18.1 Å². The van der Waals surface area contributed by atoms with Gasteiger partial charge in [-0.3, -0.25) is 9.59 Å². The maximum absolute atomic E-state index is 12.5. The number of amides is 1. The van der Waals surface area contributed by atoms with E-state index in [1.54, 1.807) is 0 Å². The number of hydrogen-bond acceptors (Lipinski definition) is 5. The average Bonchev–Trinajstić information content (AvgIpc) is 2.57. The maximum atomic E-state index is 12.5. The molecule has 0 bridgehead atoms. The molecule has 6 nitrogen and oxygen atoms in total. The summed E-state index contributed by atoms with van der Waals surface area (Å²) in [6.07, 6.45) is 1.62. The molecule has 0 fully saturated rings. The van der Waals surface area contributed by atoms with E-state index in [1.807, 2.05) is 44.2 Å². The van der Waals surface area contributed by atoms with Crippen LogP contribution in [0.3, 0.4) is 0 Å². The van der Waals surface area contributed by atoms with Crippen LogP contribution in [0.5, 0.6) is 0 Å². The lowest BCUT2D eigenvalue weighted by atomic mass is 9.93. The van der Waals surface area contributed by atoms with Crippen molar-refractivity contribution >= 4 is 11.7 Å². The number of ketones is 1. The van der Waals surface area contributed by atoms with Crippen LogP contribution in [0.15, 0.2) is 30.3 Å². The van der Waals surface area contributed by atoms with Crippen LogP contribution in [0.1, 0.15) is 32.3 Å². The highest BCUT2D eigenvalue weighted by molar-refractivity contribution is 5.93. The summed E-state index contributed by atoms with van der Waals surface area (Å²) in [5.74, 6) is -0.565. The molecule has 0 aromatic heterocycles. The van der Waals surface area contributed by atoms with Crippen molar-refractivity contribution in [1.29, 1.82) is 0 Å². The number of carbonyl (C=O) groups is 2. The third-order valence-corrected chi connectivity index (χ3v) is 3.99. The number of Topliss-reactive ketones (excluding diaryl/α,β-unsaturated/α-hetero) is 1. The van der Waals surface area contributed by atoms with Gasteiger partial charge in [-0.25, -0.2) is 0 Å². The highest BCUT2D eigenvalue weighted by Gasteiger charge is 2.29. The first-order valence-electron chi connectivity index (χ1n) is 8.46. The molecule has 0 heterocycles. The number of benzene rings is 1. The molecule has 6 heteroatoms. The lowest BCUT2D eigenvalue weighted by Gasteiger charge is -2.25. The molecular weight excluding hydrogens is 304 g/mol. The molecule has 24 heavy (non-hydrogen) atoms. The second-order valence-electron chi connectivity index (χ2n) is 6.47. The summed E-state index contributed by atoms with van der Waals surface area (Å²) in [6.45, 7) is 4.24. The Hall–Kier alpha value is -1.76. The van der Waals surface area contributed by atoms with Gasteiger partial charge >= 0.3 is 0 Å². The number of hydrogen-bond donors (Lipinski definition) is 4. The molecule has 0 saturated heterocycles. The van der Waals surface area contributed by atoms with E-state index >= 15 is 0 Å². The number of rotatable bonds is 10. The Morgan fingerprint density at radius 3 is 2.25 bits per heavy atom. The largest absolute Gasteiger partial charge is 0.345 e. The van der Waals surface area contributed by atoms with Crippen LogP contribution in [-0.4, -0.2) is 36.4 Å². The molecule has 0 aliphatic heterocycles. The van der Waals surface area contributed by atoms with Crippen molar-refractivity contribution in [3.8, 4) is 0 Å². The van der Waals surface area contributed by atoms with E-state index in [2.05, 4.69) is 5.32 Å². The molecule has 0 saturated carbocycles. The van der Waals surface area contributed by atoms with E-state index in [9.17, 15) is 9.59 Å². The molecule has 134 valence electrons. The third-order valence-electron chi connectivity index (χ3n) is 3.99. The first kappa shape index (κ1) is 20.3. The van der Waals surface area contributed by atoms with Gasteiger partial charge in [-0.2, -0.15) is 0 Å². The lowest BCUT2D eigenvalue weighted by molar-refractivity contribution is -0.130. The minimum absolute atomic E-state index is 0.0608. The van der Waals surface area contributed by atoms with E-state index in [-0.39, 0.29) is 17.6 Å². The van der Waals surface area contributed by atoms with Gasteiger partial charge < -0.3 is 22.5 Å². The molecule has 1 rings (SSSR count). The Morgan fingerprint density at radius 1 is 1.08 bits per heavy atom. The van der Waals surface area contributed by atoms with Crippen LogP contribution >= 0.6 is 0 Å². The standard InChI is InChI=1S/C18H30N4O2/c1-12(2)16(17(23)14(20)9-6-10-19)22-18(24)15(21)11-13-7-4-3-5-8-13/h3-5,7-8,12,14-16H,6,9-11,19-21H2,1-2H3,(H,22,24)/t14?,15-,16-/m0/s1. The molecule has 3 atom stereocenters. The summed E-state index contributed by atoms with van der Waals surface area (Å²) in [7, 11) is 0. The van der Waals surface area contributed by atoms with Crippen LogP contribution in [-0.2, 0) is 16.0 Å². The van der Waals surface area contributed by atoms with E-state index in [0.717, 1.165) is 5.56 Å². The summed E-state index contributed by atoms with van der Waals surface area (Å²) in [6, 6.07) is 7.58. The highest BCUT2D eigenvalue weighted by atomic mass is 16.2. The molecule has 1 amide bonds. The number of nitrogens with two attached hydrogens (primary N) is 3. The predicted octanol–water partition coefficient (Wildman–Crippen LogP) is 0.333. The van der Waals surface area contributed by atoms with Crippen molar-refractivity contribution in [3.05, 3.63) is 35.9 Å². The van der Waals surface area contributed by atoms with Crippen molar-refractivity contribution in [2.75, 3.05) is 6.54 Å². The average molecular weight is 334 g/mol. The lowest BCUT2D eigenvalue weighted by Crippen LogP contribution is -2.54. The van der Waals surface area contributed by atoms with Crippen LogP contribution in [0.4, 0.5) is 0 Å². The first-order valence-corrected chi connectivity index (χ1v) is 8.46. The zero-order valence-corrected chi connectivity index (χ0v) is 14.6. The normalized spacial score (nSPS) is 14.9. The summed E-state index contributed by atoms with van der Waals surface area (Å²) >= 11 is 0. The van der Waals surface area contributed by atoms with Crippen molar-refractivity contribution in [2.45, 2.75) is 51.2 Å². The fraction of sp³-hybridized carbons (Fsp3) is 0.556. The van der Waals surface area contributed by atoms with Gasteiger partial charge in [-0.05, 0) is 37.3 Å². The van der Waals surface area contributed by atoms with Crippen LogP contribution in [0.25, 0.3) is 0 Å². The molecule has 1 aromatic rings. The number of nitrogens with one attached hydrogen (secondary N) is 1. The summed E-state index contributed by atoms with van der Waals surface area (Å²) in [5.41, 5.74) is 18.3. The smallest absolute Gasteiger partial charge is 0.237 e. The van der Waals surface area contributed by atoms with Crippen molar-refractivity contribution < 1.29 is 9.59 Å². The molecular formula is C18H30N4O2. The predicted molar refractivity (Wildman–Crippen MR) is 96.2 cm³/mol. The Balaban J connectivity index is 2.66. The van der Waals surface area contributed by atoms with Crippen molar-refractivity contribution in [3.63, 3.8) is 0 Å². The van der Waals surface area contributed by atoms with E-state index in [0.29, 0.717) is 25.8 Å². The van der Waals surface area contributed by atoms with Gasteiger partial charge in [0.2, 0.25) is 5.91 Å². The Bertz CT molecular complexity index is 519. The molecule has 0 radical (unpaired) electrons. The van der Waals surface area contributed by atoms with Crippen LogP contribution < -0.4 is 22.5 Å². The quantitative estimate of drug-likeness (QED) is 0.491. The fourth-order valence-corrected chi connectivity index (χ4v) is 2.50. The first-order chi connectivity index (χ1) is 11.4. The topological polar surface area (TPSA) is 124 Å². The second kappa shape index (κ2) is 10.2. The van der Waals surface area contributed by atoms with Crippen LogP contribution in [0, 0.1) is 5.92 Å². The third kappa shape index (κ3) is 6.39. The molecule has 1 aromatic carbocycles. The van der Waals surface area contributed by atoms with E-state index in [4.69, 9.17) is 17.2 Å². The Kier molecular flexibility index (Phi) is 8.60.